The first kappa shape index (κ1) is 14.7. The lowest BCUT2D eigenvalue weighted by Crippen LogP contribution is -1.91. The van der Waals surface area contributed by atoms with Crippen molar-refractivity contribution in [1.29, 1.82) is 5.26 Å². The summed E-state index contributed by atoms with van der Waals surface area (Å²) in [4.78, 5) is 19.1. The highest BCUT2D eigenvalue weighted by Crippen LogP contribution is 1.88. The summed E-state index contributed by atoms with van der Waals surface area (Å²) in [6.45, 7) is 2.08. The van der Waals surface area contributed by atoms with E-state index in [4.69, 9.17) is 15.5 Å². The molecule has 5 heteroatoms. The summed E-state index contributed by atoms with van der Waals surface area (Å²) in [7, 11) is 0. The van der Waals surface area contributed by atoms with Gasteiger partial charge in [-0.3, -0.25) is 0 Å². The van der Waals surface area contributed by atoms with Crippen LogP contribution in [0.15, 0.2) is 12.2 Å². The van der Waals surface area contributed by atoms with E-state index in [2.05, 4.69) is 13.0 Å². The van der Waals surface area contributed by atoms with Gasteiger partial charge in [0, 0.05) is 18.6 Å². The highest BCUT2D eigenvalue weighted by atomic mass is 16.4. The van der Waals surface area contributed by atoms with Gasteiger partial charge in [-0.15, -0.1) is 0 Å². The Morgan fingerprint density at radius 3 is 1.86 bits per heavy atom. The Labute approximate surface area is 82.3 Å². The first-order valence-corrected chi connectivity index (χ1v) is 4.05. The maximum atomic E-state index is 9.55. The second-order valence-electron chi connectivity index (χ2n) is 2.27. The smallest absolute Gasteiger partial charge is 0.328 e. The van der Waals surface area contributed by atoms with Gasteiger partial charge >= 0.3 is 11.9 Å². The topological polar surface area (TPSA) is 98.4 Å². The van der Waals surface area contributed by atoms with Gasteiger partial charge in [0.05, 0.1) is 6.07 Å². The van der Waals surface area contributed by atoms with Crippen LogP contribution in [0, 0.1) is 11.3 Å². The third-order valence-corrected chi connectivity index (χ3v) is 1.01. The summed E-state index contributed by atoms with van der Waals surface area (Å²) in [5.74, 6) is -2.51. The molecule has 5 nitrogen and oxygen atoms in total. The predicted molar refractivity (Wildman–Crippen MR) is 49.5 cm³/mol. The summed E-state index contributed by atoms with van der Waals surface area (Å²) in [5, 5.41) is 23.6. The third kappa shape index (κ3) is 22.5. The molecular formula is C9H13NO4. The Hall–Kier alpha value is -1.83. The van der Waals surface area contributed by atoms with Gasteiger partial charge in [0.2, 0.25) is 0 Å². The lowest BCUT2D eigenvalue weighted by Gasteiger charge is -1.77. The first-order chi connectivity index (χ1) is 6.54. The van der Waals surface area contributed by atoms with Crippen molar-refractivity contribution in [3.8, 4) is 6.07 Å². The molecule has 0 amide bonds. The maximum Gasteiger partial charge on any atom is 0.328 e. The fourth-order valence-corrected chi connectivity index (χ4v) is 0.398. The number of carbonyl (C=O) groups is 2. The van der Waals surface area contributed by atoms with Crippen LogP contribution in [0.1, 0.15) is 26.2 Å². The summed E-state index contributed by atoms with van der Waals surface area (Å²) in [5.41, 5.74) is 0. The van der Waals surface area contributed by atoms with Crippen molar-refractivity contribution in [3.05, 3.63) is 12.2 Å². The van der Waals surface area contributed by atoms with Crippen LogP contribution in [0.5, 0.6) is 0 Å². The number of carboxylic acids is 2. The molecular weight excluding hydrogens is 186 g/mol. The van der Waals surface area contributed by atoms with E-state index in [9.17, 15) is 9.59 Å². The van der Waals surface area contributed by atoms with E-state index in [-0.39, 0.29) is 0 Å². The standard InChI is InChI=1S/C5H9N.C4H4O4/c1-2-3-4-5-6;5-3(6)1-2-4(7)8/h2-4H2,1H3;1-2H,(H,5,6)(H,7,8)/b;2-1-. The zero-order valence-electron chi connectivity index (χ0n) is 7.93. The zero-order chi connectivity index (χ0) is 11.4. The largest absolute Gasteiger partial charge is 0.478 e. The van der Waals surface area contributed by atoms with Crippen LogP contribution in [0.2, 0.25) is 0 Å². The number of hydrogen-bond donors (Lipinski definition) is 2. The quantitative estimate of drug-likeness (QED) is 0.526. The number of unbranched alkanes of at least 4 members (excludes halogenated alkanes) is 2. The SMILES string of the molecule is CCCCC#N.O=C(O)/C=C\C(=O)O. The minimum atomic E-state index is -1.26. The fourth-order valence-electron chi connectivity index (χ4n) is 0.398. The summed E-state index contributed by atoms with van der Waals surface area (Å²) in [6.07, 6.45) is 4.02. The molecule has 0 aliphatic rings. The third-order valence-electron chi connectivity index (χ3n) is 1.01. The van der Waals surface area contributed by atoms with Crippen molar-refractivity contribution in [2.45, 2.75) is 26.2 Å². The van der Waals surface area contributed by atoms with E-state index >= 15 is 0 Å². The molecule has 78 valence electrons. The lowest BCUT2D eigenvalue weighted by molar-refractivity contribution is -0.134. The normalized spacial score (nSPS) is 8.57. The molecule has 0 aliphatic heterocycles. The number of hydrogen-bond acceptors (Lipinski definition) is 3. The lowest BCUT2D eigenvalue weighted by atomic mass is 10.3. The maximum absolute atomic E-state index is 9.55. The molecule has 0 radical (unpaired) electrons. The van der Waals surface area contributed by atoms with Crippen LogP contribution in [0.3, 0.4) is 0 Å². The highest BCUT2D eigenvalue weighted by Gasteiger charge is 1.88. The Morgan fingerprint density at radius 2 is 1.71 bits per heavy atom. The fraction of sp³-hybridized carbons (Fsp3) is 0.444. The van der Waals surface area contributed by atoms with E-state index in [1.807, 2.05) is 0 Å². The van der Waals surface area contributed by atoms with Gasteiger partial charge in [-0.25, -0.2) is 9.59 Å². The molecule has 0 spiro atoms. The zero-order valence-corrected chi connectivity index (χ0v) is 7.93. The number of nitriles is 1. The Kier molecular flexibility index (Phi) is 11.7. The van der Waals surface area contributed by atoms with Crippen molar-refractivity contribution in [3.63, 3.8) is 0 Å². The van der Waals surface area contributed by atoms with Crippen molar-refractivity contribution in [2.24, 2.45) is 0 Å². The van der Waals surface area contributed by atoms with Gasteiger partial charge in [-0.2, -0.15) is 5.26 Å². The molecule has 0 fully saturated rings. The molecule has 0 heterocycles. The predicted octanol–water partition coefficient (Wildman–Crippen LogP) is 1.41. The first-order valence-electron chi connectivity index (χ1n) is 4.05. The molecule has 2 N–H and O–H groups in total. The number of aliphatic carboxylic acids is 2. The molecule has 0 aliphatic carbocycles. The van der Waals surface area contributed by atoms with Crippen molar-refractivity contribution in [1.82, 2.24) is 0 Å². The molecule has 0 aromatic heterocycles. The van der Waals surface area contributed by atoms with Crippen molar-refractivity contribution >= 4 is 11.9 Å². The van der Waals surface area contributed by atoms with Crippen LogP contribution in [-0.4, -0.2) is 22.2 Å². The molecule has 0 aromatic carbocycles. The van der Waals surface area contributed by atoms with Crippen molar-refractivity contribution in [2.75, 3.05) is 0 Å². The van der Waals surface area contributed by atoms with Gasteiger partial charge < -0.3 is 10.2 Å². The van der Waals surface area contributed by atoms with Crippen LogP contribution in [-0.2, 0) is 9.59 Å². The van der Waals surface area contributed by atoms with Gasteiger partial charge in [0.15, 0.2) is 0 Å². The molecule has 0 atom stereocenters. The van der Waals surface area contributed by atoms with Crippen LogP contribution in [0.25, 0.3) is 0 Å². The summed E-state index contributed by atoms with van der Waals surface area (Å²) in [6, 6.07) is 2.07. The monoisotopic (exact) mass is 199 g/mol. The Morgan fingerprint density at radius 1 is 1.29 bits per heavy atom. The average Bonchev–Trinajstić information content (AvgIpc) is 2.12. The van der Waals surface area contributed by atoms with Crippen LogP contribution in [0.4, 0.5) is 0 Å². The molecule has 0 saturated carbocycles. The number of nitrogens with zero attached hydrogens (tertiary/aromatic N) is 1. The van der Waals surface area contributed by atoms with Gasteiger partial charge in [-0.05, 0) is 6.42 Å². The molecule has 14 heavy (non-hydrogen) atoms. The average molecular weight is 199 g/mol. The van der Waals surface area contributed by atoms with Gasteiger partial charge in [-0.1, -0.05) is 13.3 Å². The van der Waals surface area contributed by atoms with E-state index in [1.165, 1.54) is 0 Å². The molecule has 0 rings (SSSR count). The van der Waals surface area contributed by atoms with Crippen LogP contribution >= 0.6 is 0 Å². The minimum absolute atomic E-state index is 0.558. The second kappa shape index (κ2) is 11.2. The number of rotatable bonds is 4. The van der Waals surface area contributed by atoms with Crippen LogP contribution < -0.4 is 0 Å². The Balaban J connectivity index is 0. The number of carboxylic acid groups (broad SMARTS) is 2. The van der Waals surface area contributed by atoms with E-state index in [0.717, 1.165) is 19.3 Å². The van der Waals surface area contributed by atoms with Gasteiger partial charge in [0.25, 0.3) is 0 Å². The molecule has 0 saturated heterocycles. The van der Waals surface area contributed by atoms with Gasteiger partial charge in [0.1, 0.15) is 0 Å². The van der Waals surface area contributed by atoms with E-state index in [0.29, 0.717) is 12.2 Å². The summed E-state index contributed by atoms with van der Waals surface area (Å²) < 4.78 is 0. The molecule has 0 bridgehead atoms. The summed E-state index contributed by atoms with van der Waals surface area (Å²) >= 11 is 0. The van der Waals surface area contributed by atoms with Crippen molar-refractivity contribution < 1.29 is 19.8 Å². The van der Waals surface area contributed by atoms with E-state index < -0.39 is 11.9 Å². The Bertz CT molecular complexity index is 224. The molecule has 0 unspecified atom stereocenters. The highest BCUT2D eigenvalue weighted by molar-refractivity contribution is 5.89. The second-order valence-corrected chi connectivity index (χ2v) is 2.27. The van der Waals surface area contributed by atoms with E-state index in [1.54, 1.807) is 0 Å². The minimum Gasteiger partial charge on any atom is -0.478 e. The molecule has 0 aromatic rings.